The molecule has 0 N–H and O–H groups in total. The van der Waals surface area contributed by atoms with Gasteiger partial charge in [-0.2, -0.15) is 0 Å². The molecular formula is C14H16FN3. The number of hydrogen-bond acceptors (Lipinski definition) is 3. The number of hydrogen-bond donors (Lipinski definition) is 0. The first kappa shape index (κ1) is 12.5. The van der Waals surface area contributed by atoms with Crippen molar-refractivity contribution >= 4 is 5.82 Å². The van der Waals surface area contributed by atoms with Crippen molar-refractivity contribution in [1.29, 1.82) is 0 Å². The van der Waals surface area contributed by atoms with E-state index in [1.54, 1.807) is 18.3 Å². The molecule has 0 spiro atoms. The van der Waals surface area contributed by atoms with Crippen LogP contribution in [0.5, 0.6) is 0 Å². The molecule has 0 aliphatic rings. The van der Waals surface area contributed by atoms with E-state index >= 15 is 0 Å². The molecule has 0 bridgehead atoms. The summed E-state index contributed by atoms with van der Waals surface area (Å²) >= 11 is 0. The van der Waals surface area contributed by atoms with Crippen LogP contribution >= 0.6 is 0 Å². The Bertz CT molecular complexity index is 537. The van der Waals surface area contributed by atoms with Gasteiger partial charge in [0.15, 0.2) is 0 Å². The van der Waals surface area contributed by atoms with Gasteiger partial charge in [0.1, 0.15) is 11.6 Å². The fourth-order valence-electron chi connectivity index (χ4n) is 1.82. The largest absolute Gasteiger partial charge is 0.354 e. The Morgan fingerprint density at radius 2 is 1.83 bits per heavy atom. The predicted octanol–water partition coefficient (Wildman–Crippen LogP) is 2.87. The average Bonchev–Trinajstić information content (AvgIpc) is 2.35. The lowest BCUT2D eigenvalue weighted by molar-refractivity contribution is 0.627. The van der Waals surface area contributed by atoms with E-state index in [1.807, 2.05) is 25.8 Å². The van der Waals surface area contributed by atoms with E-state index in [2.05, 4.69) is 9.97 Å². The van der Waals surface area contributed by atoms with Crippen molar-refractivity contribution in [2.24, 2.45) is 0 Å². The van der Waals surface area contributed by atoms with Crippen LogP contribution < -0.4 is 4.90 Å². The third-order valence-electron chi connectivity index (χ3n) is 2.75. The highest BCUT2D eigenvalue weighted by molar-refractivity contribution is 5.43. The van der Waals surface area contributed by atoms with Crippen LogP contribution in [0.25, 0.3) is 0 Å². The van der Waals surface area contributed by atoms with Gasteiger partial charge < -0.3 is 4.90 Å². The van der Waals surface area contributed by atoms with E-state index in [-0.39, 0.29) is 5.82 Å². The summed E-state index contributed by atoms with van der Waals surface area (Å²) in [6, 6.07) is 6.50. The zero-order valence-electron chi connectivity index (χ0n) is 10.8. The van der Waals surface area contributed by atoms with Crippen LogP contribution in [0, 0.1) is 19.7 Å². The maximum absolute atomic E-state index is 12.8. The number of aryl methyl sites for hydroxylation is 2. The number of anilines is 1. The molecule has 1 aromatic carbocycles. The van der Waals surface area contributed by atoms with Crippen LogP contribution in [0.3, 0.4) is 0 Å². The second-order valence-electron chi connectivity index (χ2n) is 4.40. The van der Waals surface area contributed by atoms with E-state index in [0.29, 0.717) is 6.54 Å². The molecule has 0 radical (unpaired) electrons. The van der Waals surface area contributed by atoms with Gasteiger partial charge in [0.2, 0.25) is 0 Å². The highest BCUT2D eigenvalue weighted by Crippen LogP contribution is 2.16. The molecule has 2 rings (SSSR count). The molecule has 1 heterocycles. The van der Waals surface area contributed by atoms with Gasteiger partial charge >= 0.3 is 0 Å². The molecule has 0 fully saturated rings. The Kier molecular flexibility index (Phi) is 3.55. The molecule has 0 aliphatic heterocycles. The molecule has 18 heavy (non-hydrogen) atoms. The standard InChI is InChI=1S/C14H16FN3/c1-10-8-16-11(2)14(17-10)18(3)9-12-4-6-13(15)7-5-12/h4-8H,9H2,1-3H3. The summed E-state index contributed by atoms with van der Waals surface area (Å²) in [7, 11) is 1.96. The van der Waals surface area contributed by atoms with Crippen molar-refractivity contribution in [2.45, 2.75) is 20.4 Å². The molecule has 2 aromatic rings. The summed E-state index contributed by atoms with van der Waals surface area (Å²) < 4.78 is 12.8. The lowest BCUT2D eigenvalue weighted by atomic mass is 10.2. The fraction of sp³-hybridized carbons (Fsp3) is 0.286. The third-order valence-corrected chi connectivity index (χ3v) is 2.75. The van der Waals surface area contributed by atoms with Gasteiger partial charge in [-0.05, 0) is 31.5 Å². The lowest BCUT2D eigenvalue weighted by Gasteiger charge is -2.20. The second kappa shape index (κ2) is 5.12. The Morgan fingerprint density at radius 1 is 1.17 bits per heavy atom. The van der Waals surface area contributed by atoms with E-state index in [0.717, 1.165) is 22.8 Å². The minimum atomic E-state index is -0.215. The van der Waals surface area contributed by atoms with Crippen LogP contribution in [0.1, 0.15) is 17.0 Å². The second-order valence-corrected chi connectivity index (χ2v) is 4.40. The smallest absolute Gasteiger partial charge is 0.150 e. The lowest BCUT2D eigenvalue weighted by Crippen LogP contribution is -2.19. The van der Waals surface area contributed by atoms with E-state index in [1.165, 1.54) is 12.1 Å². The van der Waals surface area contributed by atoms with Gasteiger partial charge in [-0.15, -0.1) is 0 Å². The summed E-state index contributed by atoms with van der Waals surface area (Å²) in [4.78, 5) is 10.8. The van der Waals surface area contributed by atoms with Gasteiger partial charge in [-0.1, -0.05) is 12.1 Å². The Morgan fingerprint density at radius 3 is 2.50 bits per heavy atom. The fourth-order valence-corrected chi connectivity index (χ4v) is 1.82. The topological polar surface area (TPSA) is 29.0 Å². The molecule has 3 nitrogen and oxygen atoms in total. The number of aromatic nitrogens is 2. The average molecular weight is 245 g/mol. The van der Waals surface area contributed by atoms with Crippen LogP contribution in [-0.2, 0) is 6.54 Å². The van der Waals surface area contributed by atoms with Crippen LogP contribution in [0.4, 0.5) is 10.2 Å². The Balaban J connectivity index is 2.18. The number of benzene rings is 1. The molecular weight excluding hydrogens is 229 g/mol. The van der Waals surface area contributed by atoms with Crippen molar-refractivity contribution in [3.05, 3.63) is 53.2 Å². The summed E-state index contributed by atoms with van der Waals surface area (Å²) in [5.41, 5.74) is 2.83. The minimum Gasteiger partial charge on any atom is -0.354 e. The first-order chi connectivity index (χ1) is 8.56. The maximum atomic E-state index is 12.8. The summed E-state index contributed by atoms with van der Waals surface area (Å²) in [6.07, 6.45) is 1.75. The van der Waals surface area contributed by atoms with E-state index < -0.39 is 0 Å². The molecule has 94 valence electrons. The summed E-state index contributed by atoms with van der Waals surface area (Å²) in [5.74, 6) is 0.646. The third kappa shape index (κ3) is 2.83. The van der Waals surface area contributed by atoms with Gasteiger partial charge in [0.25, 0.3) is 0 Å². The number of rotatable bonds is 3. The molecule has 4 heteroatoms. The van der Waals surface area contributed by atoms with Gasteiger partial charge in [-0.25, -0.2) is 9.37 Å². The number of halogens is 1. The molecule has 0 saturated heterocycles. The molecule has 0 saturated carbocycles. The SMILES string of the molecule is Cc1cnc(C)c(N(C)Cc2ccc(F)cc2)n1. The quantitative estimate of drug-likeness (QED) is 0.832. The molecule has 1 aromatic heterocycles. The monoisotopic (exact) mass is 245 g/mol. The number of nitrogens with zero attached hydrogens (tertiary/aromatic N) is 3. The highest BCUT2D eigenvalue weighted by Gasteiger charge is 2.08. The maximum Gasteiger partial charge on any atom is 0.150 e. The minimum absolute atomic E-state index is 0.215. The van der Waals surface area contributed by atoms with Crippen molar-refractivity contribution in [2.75, 3.05) is 11.9 Å². The van der Waals surface area contributed by atoms with Crippen molar-refractivity contribution in [1.82, 2.24) is 9.97 Å². The first-order valence-electron chi connectivity index (χ1n) is 5.82. The van der Waals surface area contributed by atoms with Crippen LogP contribution in [0.15, 0.2) is 30.5 Å². The molecule has 0 unspecified atom stereocenters. The van der Waals surface area contributed by atoms with Crippen molar-refractivity contribution < 1.29 is 4.39 Å². The van der Waals surface area contributed by atoms with Crippen molar-refractivity contribution in [3.8, 4) is 0 Å². The van der Waals surface area contributed by atoms with Gasteiger partial charge in [-0.3, -0.25) is 4.98 Å². The van der Waals surface area contributed by atoms with Crippen LogP contribution in [0.2, 0.25) is 0 Å². The molecule has 0 atom stereocenters. The zero-order chi connectivity index (χ0) is 13.1. The Labute approximate surface area is 106 Å². The Hall–Kier alpha value is -1.97. The normalized spacial score (nSPS) is 10.4. The molecule has 0 aliphatic carbocycles. The van der Waals surface area contributed by atoms with Crippen molar-refractivity contribution in [3.63, 3.8) is 0 Å². The highest BCUT2D eigenvalue weighted by atomic mass is 19.1. The predicted molar refractivity (Wildman–Crippen MR) is 70.0 cm³/mol. The summed E-state index contributed by atoms with van der Waals surface area (Å²) in [6.45, 7) is 4.53. The van der Waals surface area contributed by atoms with E-state index in [9.17, 15) is 4.39 Å². The first-order valence-corrected chi connectivity index (χ1v) is 5.82. The zero-order valence-corrected chi connectivity index (χ0v) is 10.8. The van der Waals surface area contributed by atoms with Crippen LogP contribution in [-0.4, -0.2) is 17.0 Å². The van der Waals surface area contributed by atoms with E-state index in [4.69, 9.17) is 0 Å². The molecule has 0 amide bonds. The summed E-state index contributed by atoms with van der Waals surface area (Å²) in [5, 5.41) is 0. The van der Waals surface area contributed by atoms with Gasteiger partial charge in [0, 0.05) is 19.8 Å². The van der Waals surface area contributed by atoms with Gasteiger partial charge in [0.05, 0.1) is 11.4 Å².